The largest absolute Gasteiger partial charge is 0.493 e. The number of aryl methyl sites for hydroxylation is 1. The molecular weight excluding hydrogens is 264 g/mol. The van der Waals surface area contributed by atoms with Crippen LogP contribution in [0.15, 0.2) is 18.2 Å². The van der Waals surface area contributed by atoms with E-state index in [4.69, 9.17) is 9.84 Å². The lowest BCUT2D eigenvalue weighted by molar-refractivity contribution is 0.340. The molecule has 0 aliphatic rings. The quantitative estimate of drug-likeness (QED) is 0.823. The second-order valence-electron chi connectivity index (χ2n) is 4.02. The monoisotopic (exact) mass is 282 g/mol. The molecule has 0 saturated carbocycles. The smallest absolute Gasteiger partial charge is 0.153 e. The fraction of sp³-hybridized carbons (Fsp3) is 0.429. The Morgan fingerprint density at radius 3 is 2.68 bits per heavy atom. The maximum Gasteiger partial charge on any atom is 0.153 e. The summed E-state index contributed by atoms with van der Waals surface area (Å²) in [6.07, 6.45) is 0. The lowest BCUT2D eigenvalue weighted by Crippen LogP contribution is -2.15. The van der Waals surface area contributed by atoms with Gasteiger partial charge in [0.15, 0.2) is 9.84 Å². The van der Waals surface area contributed by atoms with Gasteiger partial charge in [-0.15, -0.1) is 0 Å². The molecule has 0 aromatic heterocycles. The highest BCUT2D eigenvalue weighted by atomic mass is 32.2. The molecule has 19 heavy (non-hydrogen) atoms. The van der Waals surface area contributed by atoms with Crippen molar-refractivity contribution in [3.05, 3.63) is 29.3 Å². The highest BCUT2D eigenvalue weighted by Crippen LogP contribution is 2.16. The van der Waals surface area contributed by atoms with Crippen LogP contribution in [0.2, 0.25) is 0 Å². The van der Waals surface area contributed by atoms with Crippen molar-refractivity contribution in [1.29, 1.82) is 0 Å². The van der Waals surface area contributed by atoms with Gasteiger partial charge < -0.3 is 9.84 Å². The van der Waals surface area contributed by atoms with Gasteiger partial charge in [0.2, 0.25) is 0 Å². The average molecular weight is 282 g/mol. The molecule has 1 aromatic carbocycles. The first-order valence-corrected chi connectivity index (χ1v) is 7.84. The minimum absolute atomic E-state index is 0.0224. The minimum Gasteiger partial charge on any atom is -0.493 e. The molecule has 0 bridgehead atoms. The number of sulfone groups is 1. The van der Waals surface area contributed by atoms with Crippen LogP contribution in [0.25, 0.3) is 0 Å². The Morgan fingerprint density at radius 2 is 2.11 bits per heavy atom. The second-order valence-corrected chi connectivity index (χ2v) is 6.49. The summed E-state index contributed by atoms with van der Waals surface area (Å²) in [7, 11) is -3.00. The number of ether oxygens (including phenoxy) is 1. The van der Waals surface area contributed by atoms with Crippen LogP contribution in [0.4, 0.5) is 0 Å². The SMILES string of the molecule is CCS(=O)(=O)CCOc1ccc(C#CCO)c(C)c1. The second kappa shape index (κ2) is 7.17. The summed E-state index contributed by atoms with van der Waals surface area (Å²) in [6.45, 7) is 3.48. The van der Waals surface area contributed by atoms with Gasteiger partial charge in [-0.3, -0.25) is 0 Å². The van der Waals surface area contributed by atoms with Crippen LogP contribution in [-0.2, 0) is 9.84 Å². The number of hydrogen-bond donors (Lipinski definition) is 1. The van der Waals surface area contributed by atoms with Crippen molar-refractivity contribution in [3.63, 3.8) is 0 Å². The Kier molecular flexibility index (Phi) is 5.87. The van der Waals surface area contributed by atoms with E-state index in [2.05, 4.69) is 11.8 Å². The van der Waals surface area contributed by atoms with Crippen molar-refractivity contribution in [2.45, 2.75) is 13.8 Å². The highest BCUT2D eigenvalue weighted by Gasteiger charge is 2.07. The van der Waals surface area contributed by atoms with Crippen LogP contribution in [0.3, 0.4) is 0 Å². The Balaban J connectivity index is 2.64. The van der Waals surface area contributed by atoms with Crippen molar-refractivity contribution in [2.75, 3.05) is 24.7 Å². The zero-order chi connectivity index (χ0) is 14.3. The molecule has 5 heteroatoms. The topological polar surface area (TPSA) is 63.6 Å². The molecule has 0 unspecified atom stereocenters. The van der Waals surface area contributed by atoms with Gasteiger partial charge in [-0.05, 0) is 30.7 Å². The zero-order valence-corrected chi connectivity index (χ0v) is 12.0. The van der Waals surface area contributed by atoms with Crippen LogP contribution in [0.1, 0.15) is 18.1 Å². The molecular formula is C14H18O4S. The van der Waals surface area contributed by atoms with E-state index in [9.17, 15) is 8.42 Å². The predicted octanol–water partition coefficient (Wildman–Crippen LogP) is 1.15. The van der Waals surface area contributed by atoms with E-state index in [0.717, 1.165) is 11.1 Å². The normalized spacial score (nSPS) is 10.7. The first kappa shape index (κ1) is 15.5. The number of rotatable bonds is 5. The molecule has 104 valence electrons. The number of aliphatic hydroxyl groups excluding tert-OH is 1. The molecule has 0 fully saturated rings. The Morgan fingerprint density at radius 1 is 1.37 bits per heavy atom. The fourth-order valence-electron chi connectivity index (χ4n) is 1.43. The van der Waals surface area contributed by atoms with Gasteiger partial charge >= 0.3 is 0 Å². The van der Waals surface area contributed by atoms with E-state index in [0.29, 0.717) is 5.75 Å². The number of benzene rings is 1. The van der Waals surface area contributed by atoms with E-state index < -0.39 is 9.84 Å². The van der Waals surface area contributed by atoms with Gasteiger partial charge in [0, 0.05) is 11.3 Å². The lowest BCUT2D eigenvalue weighted by atomic mass is 10.1. The summed E-state index contributed by atoms with van der Waals surface area (Å²) in [5.74, 6) is 6.18. The Bertz CT molecular complexity index is 579. The van der Waals surface area contributed by atoms with Crippen LogP contribution in [0.5, 0.6) is 5.75 Å². The van der Waals surface area contributed by atoms with E-state index in [1.165, 1.54) is 0 Å². The zero-order valence-electron chi connectivity index (χ0n) is 11.1. The van der Waals surface area contributed by atoms with Gasteiger partial charge in [0.05, 0.1) is 5.75 Å². The van der Waals surface area contributed by atoms with Crippen LogP contribution in [0, 0.1) is 18.8 Å². The third-order valence-electron chi connectivity index (χ3n) is 2.60. The molecule has 0 spiro atoms. The van der Waals surface area contributed by atoms with Gasteiger partial charge in [0.25, 0.3) is 0 Å². The third-order valence-corrected chi connectivity index (χ3v) is 4.27. The molecule has 0 heterocycles. The first-order chi connectivity index (χ1) is 8.98. The van der Waals surface area contributed by atoms with Crippen molar-refractivity contribution in [2.24, 2.45) is 0 Å². The summed E-state index contributed by atoms with van der Waals surface area (Å²) in [6, 6.07) is 5.34. The van der Waals surface area contributed by atoms with E-state index in [-0.39, 0.29) is 24.7 Å². The summed E-state index contributed by atoms with van der Waals surface area (Å²) in [5, 5.41) is 8.63. The Labute approximate surface area is 114 Å². The van der Waals surface area contributed by atoms with Gasteiger partial charge in [-0.2, -0.15) is 0 Å². The standard InChI is InChI=1S/C14H18O4S/c1-3-19(16,17)10-9-18-14-7-6-13(5-4-8-15)12(2)11-14/h6-7,11,15H,3,8-10H2,1-2H3. The maximum atomic E-state index is 11.3. The molecule has 1 rings (SSSR count). The number of aliphatic hydroxyl groups is 1. The molecule has 0 radical (unpaired) electrons. The molecule has 0 aliphatic carbocycles. The molecule has 0 aliphatic heterocycles. The lowest BCUT2D eigenvalue weighted by Gasteiger charge is -2.07. The summed E-state index contributed by atoms with van der Waals surface area (Å²) >= 11 is 0. The van der Waals surface area contributed by atoms with Crippen LogP contribution < -0.4 is 4.74 Å². The van der Waals surface area contributed by atoms with Crippen molar-refractivity contribution >= 4 is 9.84 Å². The number of hydrogen-bond acceptors (Lipinski definition) is 4. The molecule has 0 atom stereocenters. The fourth-order valence-corrected chi connectivity index (χ4v) is 2.06. The Hall–Kier alpha value is -1.51. The van der Waals surface area contributed by atoms with Crippen molar-refractivity contribution in [1.82, 2.24) is 0 Å². The van der Waals surface area contributed by atoms with Gasteiger partial charge in [-0.25, -0.2) is 8.42 Å². The maximum absolute atomic E-state index is 11.3. The summed E-state index contributed by atoms with van der Waals surface area (Å²) in [4.78, 5) is 0. The molecule has 0 saturated heterocycles. The van der Waals surface area contributed by atoms with E-state index in [1.54, 1.807) is 25.1 Å². The summed E-state index contributed by atoms with van der Waals surface area (Å²) in [5.41, 5.74) is 1.75. The van der Waals surface area contributed by atoms with E-state index in [1.807, 2.05) is 6.92 Å². The van der Waals surface area contributed by atoms with Crippen LogP contribution in [-0.4, -0.2) is 38.2 Å². The third kappa shape index (κ3) is 5.33. The van der Waals surface area contributed by atoms with E-state index >= 15 is 0 Å². The van der Waals surface area contributed by atoms with Crippen LogP contribution >= 0.6 is 0 Å². The highest BCUT2D eigenvalue weighted by molar-refractivity contribution is 7.91. The van der Waals surface area contributed by atoms with Gasteiger partial charge in [0.1, 0.15) is 19.0 Å². The molecule has 0 amide bonds. The minimum atomic E-state index is -3.00. The van der Waals surface area contributed by atoms with Crippen molar-refractivity contribution in [3.8, 4) is 17.6 Å². The van der Waals surface area contributed by atoms with Gasteiger partial charge in [-0.1, -0.05) is 18.8 Å². The molecule has 1 N–H and O–H groups in total. The first-order valence-electron chi connectivity index (χ1n) is 6.02. The average Bonchev–Trinajstić information content (AvgIpc) is 2.37. The summed E-state index contributed by atoms with van der Waals surface area (Å²) < 4.78 is 28.0. The van der Waals surface area contributed by atoms with Crippen molar-refractivity contribution < 1.29 is 18.3 Å². The molecule has 1 aromatic rings. The molecule has 4 nitrogen and oxygen atoms in total. The predicted molar refractivity (Wildman–Crippen MR) is 75.0 cm³/mol.